The van der Waals surface area contributed by atoms with Gasteiger partial charge in [0.15, 0.2) is 0 Å². The normalized spacial score (nSPS) is 32.6. The number of hydrogen-bond acceptors (Lipinski definition) is 2. The van der Waals surface area contributed by atoms with Gasteiger partial charge in [-0.1, -0.05) is 22.9 Å². The van der Waals surface area contributed by atoms with Crippen molar-refractivity contribution in [2.24, 2.45) is 5.92 Å². The maximum absolute atomic E-state index is 3.54. The molecule has 0 aromatic carbocycles. The molecule has 100 valence electrons. The molecule has 2 nitrogen and oxygen atoms in total. The Labute approximate surface area is 115 Å². The fourth-order valence-corrected chi connectivity index (χ4v) is 4.10. The molecule has 2 aliphatic rings. The van der Waals surface area contributed by atoms with Crippen molar-refractivity contribution >= 4 is 15.9 Å². The zero-order chi connectivity index (χ0) is 12.3. The predicted molar refractivity (Wildman–Crippen MR) is 77.8 cm³/mol. The Morgan fingerprint density at radius 2 is 1.94 bits per heavy atom. The van der Waals surface area contributed by atoms with Crippen LogP contribution in [0.3, 0.4) is 0 Å². The highest BCUT2D eigenvalue weighted by Gasteiger charge is 2.34. The first-order chi connectivity index (χ1) is 8.20. The average molecular weight is 303 g/mol. The van der Waals surface area contributed by atoms with E-state index >= 15 is 0 Å². The minimum Gasteiger partial charge on any atom is -0.302 e. The molecule has 0 aromatic heterocycles. The summed E-state index contributed by atoms with van der Waals surface area (Å²) in [4.78, 5) is 5.35. The Morgan fingerprint density at radius 3 is 2.71 bits per heavy atom. The minimum atomic E-state index is 0.842. The highest BCUT2D eigenvalue weighted by atomic mass is 79.9. The summed E-state index contributed by atoms with van der Waals surface area (Å²) >= 11 is 3.54. The number of likely N-dealkylation sites (tertiary alicyclic amines) is 1. The molecule has 2 fully saturated rings. The van der Waals surface area contributed by atoms with Crippen molar-refractivity contribution in [1.82, 2.24) is 9.80 Å². The molecular weight excluding hydrogens is 276 g/mol. The van der Waals surface area contributed by atoms with Crippen LogP contribution in [0.15, 0.2) is 0 Å². The highest BCUT2D eigenvalue weighted by Crippen LogP contribution is 2.28. The molecule has 0 spiro atoms. The molecule has 2 aliphatic heterocycles. The van der Waals surface area contributed by atoms with Crippen LogP contribution < -0.4 is 0 Å². The molecule has 3 atom stereocenters. The summed E-state index contributed by atoms with van der Waals surface area (Å²) in [6.07, 6.45) is 6.94. The number of likely N-dealkylation sites (N-methyl/N-ethyl adjacent to an activating group) is 1. The number of nitrogens with zero attached hydrogens (tertiary/aromatic N) is 2. The average Bonchev–Trinajstić information content (AvgIpc) is 2.53. The quantitative estimate of drug-likeness (QED) is 0.721. The van der Waals surface area contributed by atoms with E-state index in [4.69, 9.17) is 0 Å². The van der Waals surface area contributed by atoms with Crippen molar-refractivity contribution in [2.75, 3.05) is 32.0 Å². The van der Waals surface area contributed by atoms with Gasteiger partial charge in [0.1, 0.15) is 0 Å². The smallest absolute Gasteiger partial charge is 0.0223 e. The van der Waals surface area contributed by atoms with Gasteiger partial charge in [-0.25, -0.2) is 0 Å². The fraction of sp³-hybridized carbons (Fsp3) is 1.00. The summed E-state index contributed by atoms with van der Waals surface area (Å²) < 4.78 is 0. The molecule has 0 saturated carbocycles. The number of alkyl halides is 1. The van der Waals surface area contributed by atoms with Crippen LogP contribution in [0.2, 0.25) is 0 Å². The first kappa shape index (κ1) is 13.8. The predicted octanol–water partition coefficient (Wildman–Crippen LogP) is 2.97. The molecular formula is C14H27BrN2. The molecule has 3 unspecified atom stereocenters. The SMILES string of the molecule is CC(CCBr)CCN1CCC2CCC(C1)N2C. The van der Waals surface area contributed by atoms with Crippen molar-refractivity contribution < 1.29 is 0 Å². The second-order valence-corrected chi connectivity index (χ2v) is 6.80. The lowest BCUT2D eigenvalue weighted by Crippen LogP contribution is -2.37. The van der Waals surface area contributed by atoms with Crippen LogP contribution in [0.4, 0.5) is 0 Å². The molecule has 3 heteroatoms. The molecule has 2 saturated heterocycles. The number of fused-ring (bicyclic) bond motifs is 2. The van der Waals surface area contributed by atoms with E-state index < -0.39 is 0 Å². The standard InChI is InChI=1S/C14H27BrN2/c1-12(5-8-15)6-9-17-10-7-13-3-4-14(11-17)16(13)2/h12-14H,3-11H2,1-2H3. The Balaban J connectivity index is 1.75. The van der Waals surface area contributed by atoms with E-state index in [-0.39, 0.29) is 0 Å². The third-order valence-electron chi connectivity index (χ3n) is 4.77. The lowest BCUT2D eigenvalue weighted by atomic mass is 10.0. The lowest BCUT2D eigenvalue weighted by Gasteiger charge is -2.26. The van der Waals surface area contributed by atoms with Crippen LogP contribution in [0.25, 0.3) is 0 Å². The van der Waals surface area contributed by atoms with Gasteiger partial charge in [-0.05, 0) is 58.2 Å². The second-order valence-electron chi connectivity index (χ2n) is 6.01. The summed E-state index contributed by atoms with van der Waals surface area (Å²) in [6.45, 7) is 6.34. The van der Waals surface area contributed by atoms with E-state index in [2.05, 4.69) is 39.7 Å². The van der Waals surface area contributed by atoms with Crippen LogP contribution in [0.1, 0.15) is 39.0 Å². The third kappa shape index (κ3) is 3.68. The summed E-state index contributed by atoms with van der Waals surface area (Å²) in [6, 6.07) is 1.72. The Morgan fingerprint density at radius 1 is 1.18 bits per heavy atom. The van der Waals surface area contributed by atoms with Crippen LogP contribution in [0, 0.1) is 5.92 Å². The molecule has 0 N–H and O–H groups in total. The summed E-state index contributed by atoms with van der Waals surface area (Å²) in [5.41, 5.74) is 0. The molecule has 0 radical (unpaired) electrons. The number of rotatable bonds is 5. The van der Waals surface area contributed by atoms with Crippen molar-refractivity contribution in [2.45, 2.75) is 51.1 Å². The molecule has 2 heterocycles. The van der Waals surface area contributed by atoms with Gasteiger partial charge >= 0.3 is 0 Å². The summed E-state index contributed by atoms with van der Waals surface area (Å²) in [7, 11) is 2.33. The molecule has 2 rings (SSSR count). The van der Waals surface area contributed by atoms with Crippen molar-refractivity contribution in [1.29, 1.82) is 0 Å². The summed E-state index contributed by atoms with van der Waals surface area (Å²) in [5, 5.41) is 1.15. The molecule has 0 aliphatic carbocycles. The van der Waals surface area contributed by atoms with E-state index in [1.165, 1.54) is 51.7 Å². The van der Waals surface area contributed by atoms with Gasteiger partial charge in [-0.15, -0.1) is 0 Å². The largest absolute Gasteiger partial charge is 0.302 e. The Bertz CT molecular complexity index is 234. The van der Waals surface area contributed by atoms with E-state index in [1.807, 2.05) is 0 Å². The highest BCUT2D eigenvalue weighted by molar-refractivity contribution is 9.09. The zero-order valence-electron chi connectivity index (χ0n) is 11.4. The maximum Gasteiger partial charge on any atom is 0.0223 e. The topological polar surface area (TPSA) is 6.48 Å². The van der Waals surface area contributed by atoms with Gasteiger partial charge in [0.05, 0.1) is 0 Å². The second kappa shape index (κ2) is 6.53. The molecule has 0 amide bonds. The van der Waals surface area contributed by atoms with Gasteiger partial charge in [0.2, 0.25) is 0 Å². The van der Waals surface area contributed by atoms with Gasteiger partial charge < -0.3 is 4.90 Å². The zero-order valence-corrected chi connectivity index (χ0v) is 13.0. The number of halogens is 1. The first-order valence-corrected chi connectivity index (χ1v) is 8.33. The van der Waals surface area contributed by atoms with Crippen molar-refractivity contribution in [3.8, 4) is 0 Å². The lowest BCUT2D eigenvalue weighted by molar-refractivity contribution is 0.211. The third-order valence-corrected chi connectivity index (χ3v) is 5.23. The van der Waals surface area contributed by atoms with E-state index in [0.29, 0.717) is 0 Å². The van der Waals surface area contributed by atoms with Crippen LogP contribution in [-0.2, 0) is 0 Å². The number of hydrogen-bond donors (Lipinski definition) is 0. The van der Waals surface area contributed by atoms with Crippen LogP contribution in [-0.4, -0.2) is 53.9 Å². The minimum absolute atomic E-state index is 0.842. The van der Waals surface area contributed by atoms with E-state index in [1.54, 1.807) is 0 Å². The Hall–Kier alpha value is 0.400. The van der Waals surface area contributed by atoms with Gasteiger partial charge in [-0.3, -0.25) is 4.90 Å². The van der Waals surface area contributed by atoms with Crippen molar-refractivity contribution in [3.05, 3.63) is 0 Å². The fourth-order valence-electron chi connectivity index (χ4n) is 3.32. The van der Waals surface area contributed by atoms with E-state index in [9.17, 15) is 0 Å². The maximum atomic E-state index is 3.54. The van der Waals surface area contributed by atoms with Gasteiger partial charge in [0, 0.05) is 24.0 Å². The molecule has 2 bridgehead atoms. The van der Waals surface area contributed by atoms with Crippen LogP contribution in [0.5, 0.6) is 0 Å². The van der Waals surface area contributed by atoms with Crippen molar-refractivity contribution in [3.63, 3.8) is 0 Å². The summed E-state index contributed by atoms with van der Waals surface area (Å²) in [5.74, 6) is 0.868. The van der Waals surface area contributed by atoms with Gasteiger partial charge in [-0.2, -0.15) is 0 Å². The van der Waals surface area contributed by atoms with Gasteiger partial charge in [0.25, 0.3) is 0 Å². The Kier molecular flexibility index (Phi) is 5.31. The van der Waals surface area contributed by atoms with E-state index in [0.717, 1.165) is 23.3 Å². The first-order valence-electron chi connectivity index (χ1n) is 7.21. The molecule has 17 heavy (non-hydrogen) atoms. The molecule has 0 aromatic rings. The monoisotopic (exact) mass is 302 g/mol. The van der Waals surface area contributed by atoms with Crippen LogP contribution >= 0.6 is 15.9 Å².